The predicted molar refractivity (Wildman–Crippen MR) is 69.8 cm³/mol. The van der Waals surface area contributed by atoms with E-state index in [2.05, 4.69) is 20.6 Å². The summed E-state index contributed by atoms with van der Waals surface area (Å²) in [6.45, 7) is 3.62. The van der Waals surface area contributed by atoms with Crippen molar-refractivity contribution in [3.05, 3.63) is 11.8 Å². The van der Waals surface area contributed by atoms with Crippen LogP contribution in [0.25, 0.3) is 0 Å². The summed E-state index contributed by atoms with van der Waals surface area (Å²) in [6.07, 6.45) is 1.31. The molecule has 0 aliphatic carbocycles. The van der Waals surface area contributed by atoms with Gasteiger partial charge < -0.3 is 20.5 Å². The van der Waals surface area contributed by atoms with Gasteiger partial charge in [0.15, 0.2) is 0 Å². The third-order valence-electron chi connectivity index (χ3n) is 3.10. The Kier molecular flexibility index (Phi) is 3.98. The molecule has 1 saturated heterocycles. The number of ether oxygens (including phenoxy) is 1. The van der Waals surface area contributed by atoms with Gasteiger partial charge in [-0.2, -0.15) is 4.98 Å². The Morgan fingerprint density at radius 3 is 2.78 bits per heavy atom. The number of anilines is 2. The van der Waals surface area contributed by atoms with E-state index in [1.165, 1.54) is 0 Å². The number of aromatic nitrogens is 2. The van der Waals surface area contributed by atoms with Crippen LogP contribution >= 0.6 is 0 Å². The van der Waals surface area contributed by atoms with Crippen LogP contribution in [0.4, 0.5) is 11.8 Å². The number of nitrogens with one attached hydrogen (secondary N) is 2. The molecular weight excluding hydrogens is 232 g/mol. The van der Waals surface area contributed by atoms with Gasteiger partial charge in [-0.15, -0.1) is 0 Å². The average molecular weight is 252 g/mol. The van der Waals surface area contributed by atoms with Crippen LogP contribution in [0, 0.1) is 6.92 Å². The highest BCUT2D eigenvalue weighted by atomic mass is 16.5. The monoisotopic (exact) mass is 252 g/mol. The Morgan fingerprint density at radius 1 is 1.39 bits per heavy atom. The Bertz CT molecular complexity index is 405. The summed E-state index contributed by atoms with van der Waals surface area (Å²) in [4.78, 5) is 8.51. The Labute approximate surface area is 107 Å². The minimum Gasteiger partial charge on any atom is -0.388 e. The third kappa shape index (κ3) is 3.30. The number of nitrogens with zero attached hydrogens (tertiary/aromatic N) is 2. The summed E-state index contributed by atoms with van der Waals surface area (Å²) in [5.41, 5.74) is 0.188. The van der Waals surface area contributed by atoms with Gasteiger partial charge in [0.25, 0.3) is 0 Å². The lowest BCUT2D eigenvalue weighted by Gasteiger charge is -2.32. The maximum absolute atomic E-state index is 10.3. The molecule has 6 heteroatoms. The molecule has 3 N–H and O–H groups in total. The van der Waals surface area contributed by atoms with Crippen LogP contribution in [0.2, 0.25) is 0 Å². The van der Waals surface area contributed by atoms with E-state index in [0.29, 0.717) is 38.5 Å². The van der Waals surface area contributed by atoms with E-state index in [9.17, 15) is 5.11 Å². The van der Waals surface area contributed by atoms with Gasteiger partial charge in [0.05, 0.1) is 5.60 Å². The largest absolute Gasteiger partial charge is 0.388 e. The molecule has 2 rings (SSSR count). The SMILES string of the molecule is CNc1nc(C)cc(NCC2(O)CCOCC2)n1. The lowest BCUT2D eigenvalue weighted by molar-refractivity contribution is -0.0543. The van der Waals surface area contributed by atoms with E-state index in [4.69, 9.17) is 4.74 Å². The maximum atomic E-state index is 10.3. The quantitative estimate of drug-likeness (QED) is 0.735. The second-order valence-corrected chi connectivity index (χ2v) is 4.66. The van der Waals surface area contributed by atoms with Gasteiger partial charge in [-0.25, -0.2) is 4.98 Å². The normalized spacial score (nSPS) is 18.4. The first-order valence-corrected chi connectivity index (χ1v) is 6.19. The van der Waals surface area contributed by atoms with Crippen molar-refractivity contribution in [1.82, 2.24) is 9.97 Å². The van der Waals surface area contributed by atoms with Gasteiger partial charge in [-0.1, -0.05) is 0 Å². The van der Waals surface area contributed by atoms with E-state index in [1.54, 1.807) is 7.05 Å². The summed E-state index contributed by atoms with van der Waals surface area (Å²) < 4.78 is 5.25. The standard InChI is InChI=1S/C12H20N4O2/c1-9-7-10(16-11(13-2)15-9)14-8-12(17)3-5-18-6-4-12/h7,17H,3-6,8H2,1-2H3,(H2,13,14,15,16). The zero-order chi connectivity index (χ0) is 13.0. The Hall–Kier alpha value is -1.40. The Balaban J connectivity index is 1.98. The molecule has 1 aromatic rings. The summed E-state index contributed by atoms with van der Waals surface area (Å²) in [5.74, 6) is 1.31. The van der Waals surface area contributed by atoms with E-state index in [0.717, 1.165) is 11.5 Å². The lowest BCUT2D eigenvalue weighted by atomic mass is 9.94. The van der Waals surface area contributed by atoms with Crippen molar-refractivity contribution in [2.45, 2.75) is 25.4 Å². The van der Waals surface area contributed by atoms with Crippen molar-refractivity contribution in [1.29, 1.82) is 0 Å². The van der Waals surface area contributed by atoms with Crippen molar-refractivity contribution in [2.24, 2.45) is 0 Å². The first-order valence-electron chi connectivity index (χ1n) is 6.19. The molecule has 0 radical (unpaired) electrons. The highest BCUT2D eigenvalue weighted by Crippen LogP contribution is 2.21. The van der Waals surface area contributed by atoms with E-state index < -0.39 is 5.60 Å². The molecular formula is C12H20N4O2. The predicted octanol–water partition coefficient (Wildman–Crippen LogP) is 0.780. The fourth-order valence-electron chi connectivity index (χ4n) is 1.95. The second-order valence-electron chi connectivity index (χ2n) is 4.66. The van der Waals surface area contributed by atoms with E-state index >= 15 is 0 Å². The molecule has 0 aromatic carbocycles. The average Bonchev–Trinajstić information content (AvgIpc) is 2.37. The fourth-order valence-corrected chi connectivity index (χ4v) is 1.95. The smallest absolute Gasteiger partial charge is 0.224 e. The summed E-state index contributed by atoms with van der Waals surface area (Å²) >= 11 is 0. The van der Waals surface area contributed by atoms with E-state index in [1.807, 2.05) is 13.0 Å². The minimum atomic E-state index is -0.698. The van der Waals surface area contributed by atoms with Crippen molar-refractivity contribution in [3.8, 4) is 0 Å². The van der Waals surface area contributed by atoms with Crippen LogP contribution in [0.15, 0.2) is 6.07 Å². The molecule has 1 aliphatic heterocycles. The van der Waals surface area contributed by atoms with Crippen LogP contribution in [0.5, 0.6) is 0 Å². The van der Waals surface area contributed by atoms with E-state index in [-0.39, 0.29) is 0 Å². The molecule has 6 nitrogen and oxygen atoms in total. The van der Waals surface area contributed by atoms with Gasteiger partial charge >= 0.3 is 0 Å². The van der Waals surface area contributed by atoms with Crippen molar-refractivity contribution in [2.75, 3.05) is 37.4 Å². The molecule has 1 fully saturated rings. The van der Waals surface area contributed by atoms with Gasteiger partial charge in [-0.3, -0.25) is 0 Å². The van der Waals surface area contributed by atoms with Crippen molar-refractivity contribution in [3.63, 3.8) is 0 Å². The molecule has 0 bridgehead atoms. The van der Waals surface area contributed by atoms with Gasteiger partial charge in [0.1, 0.15) is 5.82 Å². The summed E-state index contributed by atoms with van der Waals surface area (Å²) in [5, 5.41) is 16.4. The first kappa shape index (κ1) is 13.0. The molecule has 0 saturated carbocycles. The lowest BCUT2D eigenvalue weighted by Crippen LogP contribution is -2.42. The molecule has 2 heterocycles. The zero-order valence-corrected chi connectivity index (χ0v) is 10.9. The van der Waals surface area contributed by atoms with Gasteiger partial charge in [-0.05, 0) is 6.92 Å². The number of aliphatic hydroxyl groups is 1. The zero-order valence-electron chi connectivity index (χ0n) is 10.9. The topological polar surface area (TPSA) is 79.3 Å². The number of aryl methyl sites for hydroxylation is 1. The van der Waals surface area contributed by atoms with Crippen LogP contribution in [-0.2, 0) is 4.74 Å². The minimum absolute atomic E-state index is 0.482. The highest BCUT2D eigenvalue weighted by Gasteiger charge is 2.29. The first-order chi connectivity index (χ1) is 8.61. The number of hydrogen-bond acceptors (Lipinski definition) is 6. The second kappa shape index (κ2) is 5.49. The number of rotatable bonds is 4. The van der Waals surface area contributed by atoms with Gasteiger partial charge in [0, 0.05) is 51.4 Å². The molecule has 18 heavy (non-hydrogen) atoms. The third-order valence-corrected chi connectivity index (χ3v) is 3.10. The van der Waals surface area contributed by atoms with Crippen molar-refractivity contribution < 1.29 is 9.84 Å². The van der Waals surface area contributed by atoms with Gasteiger partial charge in [0.2, 0.25) is 5.95 Å². The fraction of sp³-hybridized carbons (Fsp3) is 0.667. The molecule has 0 unspecified atom stereocenters. The molecule has 0 atom stereocenters. The molecule has 0 spiro atoms. The van der Waals surface area contributed by atoms with Crippen LogP contribution in [0.1, 0.15) is 18.5 Å². The number of hydrogen-bond donors (Lipinski definition) is 3. The van der Waals surface area contributed by atoms with Crippen LogP contribution < -0.4 is 10.6 Å². The highest BCUT2D eigenvalue weighted by molar-refractivity contribution is 5.42. The molecule has 1 aliphatic rings. The maximum Gasteiger partial charge on any atom is 0.224 e. The van der Waals surface area contributed by atoms with Crippen LogP contribution in [-0.4, -0.2) is 47.5 Å². The molecule has 0 amide bonds. The Morgan fingerprint density at radius 2 is 2.11 bits per heavy atom. The van der Waals surface area contributed by atoms with Crippen molar-refractivity contribution >= 4 is 11.8 Å². The summed E-state index contributed by atoms with van der Waals surface area (Å²) in [6, 6.07) is 1.86. The molecule has 1 aromatic heterocycles. The molecule has 100 valence electrons. The summed E-state index contributed by atoms with van der Waals surface area (Å²) in [7, 11) is 1.78. The van der Waals surface area contributed by atoms with Crippen LogP contribution in [0.3, 0.4) is 0 Å².